The summed E-state index contributed by atoms with van der Waals surface area (Å²) >= 11 is 0. The molecular formula is C14H22N2O2S. The number of benzene rings is 1. The first-order valence-electron chi connectivity index (χ1n) is 6.73. The van der Waals surface area contributed by atoms with E-state index >= 15 is 0 Å². The first kappa shape index (κ1) is 14.5. The van der Waals surface area contributed by atoms with E-state index in [9.17, 15) is 8.42 Å². The van der Waals surface area contributed by atoms with Crippen LogP contribution in [0.3, 0.4) is 0 Å². The van der Waals surface area contributed by atoms with Crippen LogP contribution in [0.15, 0.2) is 29.2 Å². The molecule has 106 valence electrons. The van der Waals surface area contributed by atoms with E-state index in [1.54, 1.807) is 12.1 Å². The number of sulfonamides is 1. The van der Waals surface area contributed by atoms with Gasteiger partial charge in [0.2, 0.25) is 10.0 Å². The highest BCUT2D eigenvalue weighted by Crippen LogP contribution is 2.24. The van der Waals surface area contributed by atoms with Gasteiger partial charge in [0.25, 0.3) is 0 Å². The Hall–Kier alpha value is -0.910. The third-order valence-electron chi connectivity index (χ3n) is 3.82. The van der Waals surface area contributed by atoms with Gasteiger partial charge in [0, 0.05) is 12.1 Å². The molecule has 2 atom stereocenters. The van der Waals surface area contributed by atoms with Crippen molar-refractivity contribution >= 4 is 10.0 Å². The maximum atomic E-state index is 12.0. The second kappa shape index (κ2) is 5.61. The fourth-order valence-corrected chi connectivity index (χ4v) is 3.28. The third kappa shape index (κ3) is 3.55. The van der Waals surface area contributed by atoms with E-state index in [-0.39, 0.29) is 6.04 Å². The van der Waals surface area contributed by atoms with E-state index in [1.807, 2.05) is 19.2 Å². The first-order chi connectivity index (χ1) is 8.94. The summed E-state index contributed by atoms with van der Waals surface area (Å²) < 4.78 is 26.7. The maximum absolute atomic E-state index is 12.0. The number of rotatable bonds is 6. The first-order valence-corrected chi connectivity index (χ1v) is 8.22. The Morgan fingerprint density at radius 2 is 1.74 bits per heavy atom. The molecule has 1 fully saturated rings. The number of likely N-dealkylation sites (N-methyl/N-ethyl adjacent to an activating group) is 1. The van der Waals surface area contributed by atoms with Crippen molar-refractivity contribution in [2.45, 2.75) is 49.6 Å². The van der Waals surface area contributed by atoms with Gasteiger partial charge in [-0.25, -0.2) is 13.1 Å². The molecule has 1 aromatic rings. The normalized spacial score (nSPS) is 19.1. The van der Waals surface area contributed by atoms with Crippen LogP contribution in [0.5, 0.6) is 0 Å². The smallest absolute Gasteiger partial charge is 0.240 e. The molecule has 0 heterocycles. The second-order valence-electron chi connectivity index (χ2n) is 5.33. The topological polar surface area (TPSA) is 58.2 Å². The number of hydrogen-bond acceptors (Lipinski definition) is 3. The van der Waals surface area contributed by atoms with Crippen molar-refractivity contribution in [3.63, 3.8) is 0 Å². The highest BCUT2D eigenvalue weighted by molar-refractivity contribution is 7.89. The average Bonchev–Trinajstić information content (AvgIpc) is 3.20. The van der Waals surface area contributed by atoms with Crippen LogP contribution in [0.25, 0.3) is 0 Å². The minimum Gasteiger partial charge on any atom is -0.317 e. The Labute approximate surface area is 115 Å². The molecule has 1 aromatic carbocycles. The summed E-state index contributed by atoms with van der Waals surface area (Å²) in [4.78, 5) is 0.354. The van der Waals surface area contributed by atoms with Crippen molar-refractivity contribution in [1.29, 1.82) is 0 Å². The lowest BCUT2D eigenvalue weighted by atomic mass is 9.95. The van der Waals surface area contributed by atoms with Crippen molar-refractivity contribution < 1.29 is 8.42 Å². The van der Waals surface area contributed by atoms with Gasteiger partial charge in [0.1, 0.15) is 0 Å². The van der Waals surface area contributed by atoms with Gasteiger partial charge in [-0.3, -0.25) is 0 Å². The quantitative estimate of drug-likeness (QED) is 0.837. The van der Waals surface area contributed by atoms with E-state index in [4.69, 9.17) is 0 Å². The summed E-state index contributed by atoms with van der Waals surface area (Å²) in [5.74, 6) is 0.346. The third-order valence-corrected chi connectivity index (χ3v) is 5.36. The van der Waals surface area contributed by atoms with Gasteiger partial charge in [-0.1, -0.05) is 19.1 Å². The fraction of sp³-hybridized carbons (Fsp3) is 0.571. The molecule has 0 radical (unpaired) electrons. The largest absolute Gasteiger partial charge is 0.317 e. The lowest BCUT2D eigenvalue weighted by molar-refractivity contribution is 0.524. The Morgan fingerprint density at radius 1 is 1.16 bits per heavy atom. The SMILES string of the molecule is CNC(C)C(C)c1ccc(S(=O)(=O)NC2CC2)cc1. The Morgan fingerprint density at radius 3 is 2.21 bits per heavy atom. The van der Waals surface area contributed by atoms with Gasteiger partial charge in [0.15, 0.2) is 0 Å². The molecule has 5 heteroatoms. The molecule has 0 aliphatic heterocycles. The van der Waals surface area contributed by atoms with Crippen LogP contribution in [0.4, 0.5) is 0 Å². The van der Waals surface area contributed by atoms with Gasteiger partial charge in [-0.05, 0) is 50.4 Å². The van der Waals surface area contributed by atoms with Crippen LogP contribution in [0, 0.1) is 0 Å². The maximum Gasteiger partial charge on any atom is 0.240 e. The summed E-state index contributed by atoms with van der Waals surface area (Å²) in [5.41, 5.74) is 1.15. The van der Waals surface area contributed by atoms with Crippen LogP contribution in [0.1, 0.15) is 38.2 Å². The van der Waals surface area contributed by atoms with Crippen LogP contribution in [-0.2, 0) is 10.0 Å². The summed E-state index contributed by atoms with van der Waals surface area (Å²) in [6, 6.07) is 7.69. The molecular weight excluding hydrogens is 260 g/mol. The van der Waals surface area contributed by atoms with Crippen molar-refractivity contribution in [1.82, 2.24) is 10.0 Å². The van der Waals surface area contributed by atoms with Gasteiger partial charge < -0.3 is 5.32 Å². The van der Waals surface area contributed by atoms with Crippen molar-refractivity contribution in [3.05, 3.63) is 29.8 Å². The minimum absolute atomic E-state index is 0.146. The molecule has 0 amide bonds. The van der Waals surface area contributed by atoms with E-state index < -0.39 is 10.0 Å². The zero-order chi connectivity index (χ0) is 14.0. The van der Waals surface area contributed by atoms with E-state index in [0.29, 0.717) is 16.9 Å². The van der Waals surface area contributed by atoms with Crippen LogP contribution in [-0.4, -0.2) is 27.5 Å². The summed E-state index contributed by atoms with van der Waals surface area (Å²) in [7, 11) is -1.40. The van der Waals surface area contributed by atoms with Gasteiger partial charge in [-0.2, -0.15) is 0 Å². The Bertz CT molecular complexity index is 521. The van der Waals surface area contributed by atoms with Crippen LogP contribution >= 0.6 is 0 Å². The van der Waals surface area contributed by atoms with E-state index in [0.717, 1.165) is 18.4 Å². The van der Waals surface area contributed by atoms with Crippen LogP contribution in [0.2, 0.25) is 0 Å². The lowest BCUT2D eigenvalue weighted by Gasteiger charge is -2.19. The Kier molecular flexibility index (Phi) is 4.28. The van der Waals surface area contributed by atoms with E-state index in [2.05, 4.69) is 23.9 Å². The zero-order valence-corrected chi connectivity index (χ0v) is 12.5. The predicted molar refractivity (Wildman–Crippen MR) is 76.7 cm³/mol. The highest BCUT2D eigenvalue weighted by atomic mass is 32.2. The van der Waals surface area contributed by atoms with Crippen molar-refractivity contribution in [3.8, 4) is 0 Å². The highest BCUT2D eigenvalue weighted by Gasteiger charge is 2.28. The van der Waals surface area contributed by atoms with Gasteiger partial charge in [0.05, 0.1) is 4.90 Å². The number of hydrogen-bond donors (Lipinski definition) is 2. The molecule has 2 rings (SSSR count). The van der Waals surface area contributed by atoms with E-state index in [1.165, 1.54) is 0 Å². The fourth-order valence-electron chi connectivity index (χ4n) is 1.98. The van der Waals surface area contributed by atoms with Crippen molar-refractivity contribution in [2.75, 3.05) is 7.05 Å². The summed E-state index contributed by atoms with van der Waals surface area (Å²) in [6.07, 6.45) is 1.90. The molecule has 2 unspecified atom stereocenters. The zero-order valence-electron chi connectivity index (χ0n) is 11.7. The predicted octanol–water partition coefficient (Wildman–Crippen LogP) is 1.84. The average molecular weight is 282 g/mol. The molecule has 2 N–H and O–H groups in total. The molecule has 1 aliphatic carbocycles. The monoisotopic (exact) mass is 282 g/mol. The Balaban J connectivity index is 2.13. The lowest BCUT2D eigenvalue weighted by Crippen LogP contribution is -2.27. The summed E-state index contributed by atoms with van der Waals surface area (Å²) in [6.45, 7) is 4.25. The molecule has 4 nitrogen and oxygen atoms in total. The molecule has 0 saturated heterocycles. The molecule has 0 spiro atoms. The molecule has 0 aromatic heterocycles. The molecule has 1 aliphatic rings. The number of nitrogens with one attached hydrogen (secondary N) is 2. The summed E-state index contributed by atoms with van der Waals surface area (Å²) in [5, 5.41) is 3.21. The molecule has 19 heavy (non-hydrogen) atoms. The molecule has 0 bridgehead atoms. The second-order valence-corrected chi connectivity index (χ2v) is 7.04. The standard InChI is InChI=1S/C14H22N2O2S/c1-10(11(2)15-3)12-4-8-14(9-5-12)19(17,18)16-13-6-7-13/h4-5,8-11,13,15-16H,6-7H2,1-3H3. The molecule has 1 saturated carbocycles. The van der Waals surface area contributed by atoms with Crippen LogP contribution < -0.4 is 10.0 Å². The minimum atomic E-state index is -3.33. The van der Waals surface area contributed by atoms with Crippen molar-refractivity contribution in [2.24, 2.45) is 0 Å². The van der Waals surface area contributed by atoms with Gasteiger partial charge >= 0.3 is 0 Å². The van der Waals surface area contributed by atoms with Gasteiger partial charge in [-0.15, -0.1) is 0 Å².